The van der Waals surface area contributed by atoms with Gasteiger partial charge in [-0.15, -0.1) is 0 Å². The monoisotopic (exact) mass is 310 g/mol. The molecule has 0 bridgehead atoms. The van der Waals surface area contributed by atoms with E-state index in [1.54, 1.807) is 13.8 Å². The van der Waals surface area contributed by atoms with Gasteiger partial charge in [-0.3, -0.25) is 4.79 Å². The molecule has 3 heteroatoms. The van der Waals surface area contributed by atoms with E-state index >= 15 is 0 Å². The SMILES string of the molecule is CC(C)(C(=O)O)c1ccc2c(c1)OC[C@H](Cc1ccccc1)C2. The number of rotatable bonds is 4. The van der Waals surface area contributed by atoms with Crippen molar-refractivity contribution in [3.05, 3.63) is 65.2 Å². The van der Waals surface area contributed by atoms with Crippen LogP contribution in [0, 0.1) is 5.92 Å². The van der Waals surface area contributed by atoms with Crippen LogP contribution >= 0.6 is 0 Å². The Bertz CT molecular complexity index is 704. The van der Waals surface area contributed by atoms with Gasteiger partial charge in [0.05, 0.1) is 12.0 Å². The Balaban J connectivity index is 1.76. The standard InChI is InChI=1S/C20H22O3/c1-20(2,19(21)22)17-9-8-16-11-15(13-23-18(16)12-17)10-14-6-4-3-5-7-14/h3-9,12,15H,10-11,13H2,1-2H3,(H,21,22)/t15-/m1/s1. The maximum atomic E-state index is 11.4. The smallest absolute Gasteiger partial charge is 0.313 e. The van der Waals surface area contributed by atoms with Crippen molar-refractivity contribution in [3.63, 3.8) is 0 Å². The number of carboxylic acids is 1. The summed E-state index contributed by atoms with van der Waals surface area (Å²) in [7, 11) is 0. The fraction of sp³-hybridized carbons (Fsp3) is 0.350. The molecule has 2 aromatic carbocycles. The summed E-state index contributed by atoms with van der Waals surface area (Å²) in [5, 5.41) is 9.36. The van der Waals surface area contributed by atoms with E-state index in [1.807, 2.05) is 24.3 Å². The number of carboxylic acid groups (broad SMARTS) is 1. The van der Waals surface area contributed by atoms with Gasteiger partial charge in [-0.05, 0) is 49.4 Å². The molecule has 0 unspecified atom stereocenters. The molecular formula is C20H22O3. The molecular weight excluding hydrogens is 288 g/mol. The molecule has 1 aliphatic rings. The highest BCUT2D eigenvalue weighted by molar-refractivity contribution is 5.80. The molecule has 3 nitrogen and oxygen atoms in total. The van der Waals surface area contributed by atoms with E-state index in [1.165, 1.54) is 11.1 Å². The molecule has 0 fully saturated rings. The normalized spacial score (nSPS) is 17.2. The molecule has 0 spiro atoms. The van der Waals surface area contributed by atoms with Crippen LogP contribution in [0.15, 0.2) is 48.5 Å². The summed E-state index contributed by atoms with van der Waals surface area (Å²) in [6, 6.07) is 16.3. The first-order valence-corrected chi connectivity index (χ1v) is 8.00. The maximum absolute atomic E-state index is 11.4. The highest BCUT2D eigenvalue weighted by Gasteiger charge is 2.31. The van der Waals surface area contributed by atoms with Gasteiger partial charge in [-0.2, -0.15) is 0 Å². The predicted molar refractivity (Wildman–Crippen MR) is 89.9 cm³/mol. The molecule has 1 heterocycles. The molecule has 0 saturated heterocycles. The van der Waals surface area contributed by atoms with Gasteiger partial charge in [0.15, 0.2) is 0 Å². The summed E-state index contributed by atoms with van der Waals surface area (Å²) in [5.41, 5.74) is 2.37. The average Bonchev–Trinajstić information content (AvgIpc) is 2.55. The lowest BCUT2D eigenvalue weighted by atomic mass is 9.83. The van der Waals surface area contributed by atoms with Gasteiger partial charge in [0.1, 0.15) is 5.75 Å². The lowest BCUT2D eigenvalue weighted by molar-refractivity contribution is -0.142. The van der Waals surface area contributed by atoms with Crippen molar-refractivity contribution in [2.75, 3.05) is 6.61 Å². The summed E-state index contributed by atoms with van der Waals surface area (Å²) in [4.78, 5) is 11.4. The highest BCUT2D eigenvalue weighted by Crippen LogP contribution is 2.34. The predicted octanol–water partition coefficient (Wildman–Crippen LogP) is 3.84. The second-order valence-electron chi connectivity index (χ2n) is 6.82. The maximum Gasteiger partial charge on any atom is 0.313 e. The zero-order chi connectivity index (χ0) is 16.4. The quantitative estimate of drug-likeness (QED) is 0.933. The third-order valence-corrected chi connectivity index (χ3v) is 4.67. The van der Waals surface area contributed by atoms with Crippen molar-refractivity contribution in [2.45, 2.75) is 32.1 Å². The van der Waals surface area contributed by atoms with Crippen LogP contribution in [0.2, 0.25) is 0 Å². The average molecular weight is 310 g/mol. The summed E-state index contributed by atoms with van der Waals surface area (Å²) < 4.78 is 5.93. The molecule has 120 valence electrons. The number of hydrogen-bond acceptors (Lipinski definition) is 2. The third kappa shape index (κ3) is 3.24. The molecule has 1 atom stereocenters. The zero-order valence-corrected chi connectivity index (χ0v) is 13.6. The second kappa shape index (κ2) is 6.07. The number of ether oxygens (including phenoxy) is 1. The molecule has 0 aromatic heterocycles. The Morgan fingerprint density at radius 1 is 1.22 bits per heavy atom. The minimum absolute atomic E-state index is 0.461. The van der Waals surface area contributed by atoms with Crippen LogP contribution in [0.3, 0.4) is 0 Å². The summed E-state index contributed by atoms with van der Waals surface area (Å²) in [5.74, 6) is 0.472. The minimum Gasteiger partial charge on any atom is -0.493 e. The Kier molecular flexibility index (Phi) is 4.12. The molecule has 1 aliphatic heterocycles. The Hall–Kier alpha value is -2.29. The Morgan fingerprint density at radius 3 is 2.65 bits per heavy atom. The largest absolute Gasteiger partial charge is 0.493 e. The van der Waals surface area contributed by atoms with Crippen LogP contribution in [-0.4, -0.2) is 17.7 Å². The van der Waals surface area contributed by atoms with E-state index in [-0.39, 0.29) is 0 Å². The van der Waals surface area contributed by atoms with E-state index in [9.17, 15) is 9.90 Å². The zero-order valence-electron chi connectivity index (χ0n) is 13.6. The molecule has 0 radical (unpaired) electrons. The van der Waals surface area contributed by atoms with Crippen molar-refractivity contribution < 1.29 is 14.6 Å². The van der Waals surface area contributed by atoms with Crippen molar-refractivity contribution in [1.82, 2.24) is 0 Å². The number of fused-ring (bicyclic) bond motifs is 1. The van der Waals surface area contributed by atoms with Gasteiger partial charge in [0.2, 0.25) is 0 Å². The molecule has 2 aromatic rings. The fourth-order valence-electron chi connectivity index (χ4n) is 3.03. The Morgan fingerprint density at radius 2 is 1.96 bits per heavy atom. The van der Waals surface area contributed by atoms with Crippen LogP contribution < -0.4 is 4.74 Å². The number of carbonyl (C=O) groups is 1. The molecule has 23 heavy (non-hydrogen) atoms. The molecule has 0 aliphatic carbocycles. The van der Waals surface area contributed by atoms with Crippen molar-refractivity contribution >= 4 is 5.97 Å². The lowest BCUT2D eigenvalue weighted by Crippen LogP contribution is -2.29. The van der Waals surface area contributed by atoms with Crippen LogP contribution in [0.5, 0.6) is 5.75 Å². The van der Waals surface area contributed by atoms with Crippen LogP contribution in [-0.2, 0) is 23.1 Å². The number of benzene rings is 2. The number of aliphatic carboxylic acids is 1. The van der Waals surface area contributed by atoms with Gasteiger partial charge in [-0.25, -0.2) is 0 Å². The van der Waals surface area contributed by atoms with Gasteiger partial charge in [-0.1, -0.05) is 42.5 Å². The second-order valence-corrected chi connectivity index (χ2v) is 6.82. The van der Waals surface area contributed by atoms with E-state index in [0.717, 1.165) is 24.2 Å². The topological polar surface area (TPSA) is 46.5 Å². The Labute approximate surface area is 136 Å². The van der Waals surface area contributed by atoms with Crippen LogP contribution in [0.1, 0.15) is 30.5 Å². The summed E-state index contributed by atoms with van der Waals surface area (Å²) in [6.07, 6.45) is 1.97. The first kappa shape index (κ1) is 15.6. The molecule has 0 amide bonds. The van der Waals surface area contributed by atoms with E-state index < -0.39 is 11.4 Å². The third-order valence-electron chi connectivity index (χ3n) is 4.67. The van der Waals surface area contributed by atoms with Crippen molar-refractivity contribution in [2.24, 2.45) is 5.92 Å². The van der Waals surface area contributed by atoms with Gasteiger partial charge < -0.3 is 9.84 Å². The van der Waals surface area contributed by atoms with Gasteiger partial charge in [0.25, 0.3) is 0 Å². The van der Waals surface area contributed by atoms with Gasteiger partial charge >= 0.3 is 5.97 Å². The fourth-order valence-corrected chi connectivity index (χ4v) is 3.03. The minimum atomic E-state index is -0.903. The molecule has 3 rings (SSSR count). The summed E-state index contributed by atoms with van der Waals surface area (Å²) in [6.45, 7) is 4.12. The molecule has 1 N–H and O–H groups in total. The first-order chi connectivity index (χ1) is 11.0. The van der Waals surface area contributed by atoms with Crippen LogP contribution in [0.25, 0.3) is 0 Å². The number of hydrogen-bond donors (Lipinski definition) is 1. The van der Waals surface area contributed by atoms with E-state index in [4.69, 9.17) is 4.74 Å². The van der Waals surface area contributed by atoms with Crippen molar-refractivity contribution in [3.8, 4) is 5.75 Å². The molecule has 0 saturated carbocycles. The van der Waals surface area contributed by atoms with Gasteiger partial charge in [0, 0.05) is 5.92 Å². The van der Waals surface area contributed by atoms with E-state index in [0.29, 0.717) is 12.5 Å². The van der Waals surface area contributed by atoms with Crippen LogP contribution in [0.4, 0.5) is 0 Å². The first-order valence-electron chi connectivity index (χ1n) is 8.00. The van der Waals surface area contributed by atoms with Crippen molar-refractivity contribution in [1.29, 1.82) is 0 Å². The van der Waals surface area contributed by atoms with E-state index in [2.05, 4.69) is 24.3 Å². The summed E-state index contributed by atoms with van der Waals surface area (Å²) >= 11 is 0. The lowest BCUT2D eigenvalue weighted by Gasteiger charge is -2.28. The highest BCUT2D eigenvalue weighted by atomic mass is 16.5.